The summed E-state index contributed by atoms with van der Waals surface area (Å²) in [5.74, 6) is 0.229. The molecule has 1 rings (SSSR count). The lowest BCUT2D eigenvalue weighted by molar-refractivity contribution is -0.118. The van der Waals surface area contributed by atoms with E-state index in [2.05, 4.69) is 20.9 Å². The Morgan fingerprint density at radius 3 is 3.00 bits per heavy atom. The summed E-state index contributed by atoms with van der Waals surface area (Å²) in [7, 11) is 1.64. The second kappa shape index (κ2) is 6.69. The highest BCUT2D eigenvalue weighted by Gasteiger charge is 2.04. The molecule has 0 aliphatic carbocycles. The zero-order chi connectivity index (χ0) is 11.1. The summed E-state index contributed by atoms with van der Waals surface area (Å²) in [6.45, 7) is 0.641. The molecular weight excluding hydrogens is 258 g/mol. The quantitative estimate of drug-likeness (QED) is 0.746. The number of methoxy groups -OCH3 is 1. The number of ether oxygens (including phenoxy) is 1. The minimum Gasteiger partial charge on any atom is -0.385 e. The van der Waals surface area contributed by atoms with Crippen LogP contribution in [0.2, 0.25) is 0 Å². The minimum atomic E-state index is 0.229. The molecule has 0 N–H and O–H groups in total. The Labute approximate surface area is 98.0 Å². The largest absolute Gasteiger partial charge is 0.385 e. The van der Waals surface area contributed by atoms with Crippen molar-refractivity contribution >= 4 is 21.7 Å². The molecule has 0 aliphatic heterocycles. The predicted molar refractivity (Wildman–Crippen MR) is 61.8 cm³/mol. The fourth-order valence-corrected chi connectivity index (χ4v) is 1.69. The number of nitrogens with zero attached hydrogens (tertiary/aromatic N) is 1. The molecule has 0 spiro atoms. The van der Waals surface area contributed by atoms with Crippen LogP contribution in [0.5, 0.6) is 0 Å². The number of aromatic nitrogens is 1. The molecule has 4 heteroatoms. The van der Waals surface area contributed by atoms with Gasteiger partial charge in [-0.05, 0) is 34.0 Å². The van der Waals surface area contributed by atoms with Gasteiger partial charge in [0.15, 0.2) is 0 Å². The third-order valence-electron chi connectivity index (χ3n) is 1.97. The SMILES string of the molecule is COCCCC(=O)Cc1cncc(Br)c1. The van der Waals surface area contributed by atoms with E-state index in [1.54, 1.807) is 19.5 Å². The van der Waals surface area contributed by atoms with Gasteiger partial charge in [0, 0.05) is 43.4 Å². The van der Waals surface area contributed by atoms with Crippen molar-refractivity contribution < 1.29 is 9.53 Å². The van der Waals surface area contributed by atoms with Crippen molar-refractivity contribution in [1.82, 2.24) is 4.98 Å². The van der Waals surface area contributed by atoms with Gasteiger partial charge in [0.25, 0.3) is 0 Å². The van der Waals surface area contributed by atoms with Crippen LogP contribution in [0.4, 0.5) is 0 Å². The van der Waals surface area contributed by atoms with Crippen LogP contribution < -0.4 is 0 Å². The molecule has 15 heavy (non-hydrogen) atoms. The Morgan fingerprint density at radius 2 is 2.33 bits per heavy atom. The van der Waals surface area contributed by atoms with Gasteiger partial charge in [-0.2, -0.15) is 0 Å². The highest BCUT2D eigenvalue weighted by molar-refractivity contribution is 9.10. The zero-order valence-corrected chi connectivity index (χ0v) is 10.3. The third-order valence-corrected chi connectivity index (χ3v) is 2.40. The highest BCUT2D eigenvalue weighted by atomic mass is 79.9. The van der Waals surface area contributed by atoms with E-state index in [1.165, 1.54) is 0 Å². The molecule has 0 saturated heterocycles. The zero-order valence-electron chi connectivity index (χ0n) is 8.70. The van der Waals surface area contributed by atoms with Gasteiger partial charge in [-0.25, -0.2) is 0 Å². The van der Waals surface area contributed by atoms with Crippen molar-refractivity contribution in [3.8, 4) is 0 Å². The summed E-state index contributed by atoms with van der Waals surface area (Å²) in [5, 5.41) is 0. The molecule has 0 aromatic carbocycles. The Hall–Kier alpha value is -0.740. The van der Waals surface area contributed by atoms with Crippen LogP contribution in [0.3, 0.4) is 0 Å². The molecule has 1 aromatic rings. The van der Waals surface area contributed by atoms with Crippen LogP contribution in [0.1, 0.15) is 18.4 Å². The average Bonchev–Trinajstić information content (AvgIpc) is 2.18. The van der Waals surface area contributed by atoms with Crippen molar-refractivity contribution in [2.45, 2.75) is 19.3 Å². The van der Waals surface area contributed by atoms with Gasteiger partial charge >= 0.3 is 0 Å². The predicted octanol–water partition coefficient (Wildman–Crippen LogP) is 2.38. The standard InChI is InChI=1S/C11H14BrNO2/c1-15-4-2-3-11(14)6-9-5-10(12)8-13-7-9/h5,7-8H,2-4,6H2,1H3. The number of hydrogen-bond acceptors (Lipinski definition) is 3. The van der Waals surface area contributed by atoms with Crippen molar-refractivity contribution in [1.29, 1.82) is 0 Å². The maximum atomic E-state index is 11.5. The first-order valence-electron chi connectivity index (χ1n) is 4.82. The molecule has 0 radical (unpaired) electrons. The molecule has 0 aliphatic rings. The Morgan fingerprint density at radius 1 is 1.53 bits per heavy atom. The minimum absolute atomic E-state index is 0.229. The lowest BCUT2D eigenvalue weighted by atomic mass is 10.1. The number of carbonyl (C=O) groups excluding carboxylic acids is 1. The molecule has 1 aromatic heterocycles. The van der Waals surface area contributed by atoms with E-state index in [1.807, 2.05) is 6.07 Å². The van der Waals surface area contributed by atoms with E-state index in [0.717, 1.165) is 16.5 Å². The van der Waals surface area contributed by atoms with Gasteiger partial charge in [0.2, 0.25) is 0 Å². The van der Waals surface area contributed by atoms with Crippen LogP contribution in [-0.4, -0.2) is 24.5 Å². The Bertz CT molecular complexity index is 328. The van der Waals surface area contributed by atoms with Crippen molar-refractivity contribution in [3.05, 3.63) is 28.5 Å². The van der Waals surface area contributed by atoms with Crippen molar-refractivity contribution in [3.63, 3.8) is 0 Å². The molecule has 0 bridgehead atoms. The summed E-state index contributed by atoms with van der Waals surface area (Å²) < 4.78 is 5.80. The maximum Gasteiger partial charge on any atom is 0.137 e. The fourth-order valence-electron chi connectivity index (χ4n) is 1.28. The molecule has 0 unspecified atom stereocenters. The van der Waals surface area contributed by atoms with Gasteiger partial charge in [-0.3, -0.25) is 9.78 Å². The van der Waals surface area contributed by atoms with E-state index < -0.39 is 0 Å². The molecule has 82 valence electrons. The first-order chi connectivity index (χ1) is 7.22. The van der Waals surface area contributed by atoms with E-state index in [4.69, 9.17) is 4.74 Å². The van der Waals surface area contributed by atoms with E-state index >= 15 is 0 Å². The molecule has 3 nitrogen and oxygen atoms in total. The van der Waals surface area contributed by atoms with Crippen LogP contribution >= 0.6 is 15.9 Å². The fraction of sp³-hybridized carbons (Fsp3) is 0.455. The third kappa shape index (κ3) is 5.04. The van der Waals surface area contributed by atoms with Gasteiger partial charge in [0.05, 0.1) is 0 Å². The number of ketones is 1. The van der Waals surface area contributed by atoms with E-state index in [0.29, 0.717) is 19.4 Å². The first-order valence-corrected chi connectivity index (χ1v) is 5.61. The lowest BCUT2D eigenvalue weighted by Gasteiger charge is -2.01. The number of halogens is 1. The van der Waals surface area contributed by atoms with Crippen molar-refractivity contribution in [2.24, 2.45) is 0 Å². The monoisotopic (exact) mass is 271 g/mol. The van der Waals surface area contributed by atoms with Crippen LogP contribution in [0.15, 0.2) is 22.9 Å². The van der Waals surface area contributed by atoms with Gasteiger partial charge in [-0.15, -0.1) is 0 Å². The Kier molecular flexibility index (Phi) is 5.50. The summed E-state index contributed by atoms with van der Waals surface area (Å²) in [5.41, 5.74) is 0.951. The maximum absolute atomic E-state index is 11.5. The number of pyridine rings is 1. The molecule has 0 fully saturated rings. The number of Topliss-reactive ketones (excluding diaryl/α,β-unsaturated/α-hetero) is 1. The molecule has 0 atom stereocenters. The van der Waals surface area contributed by atoms with Gasteiger partial charge < -0.3 is 4.74 Å². The van der Waals surface area contributed by atoms with Crippen LogP contribution in [0.25, 0.3) is 0 Å². The van der Waals surface area contributed by atoms with Gasteiger partial charge in [0.1, 0.15) is 5.78 Å². The molecule has 0 saturated carbocycles. The average molecular weight is 272 g/mol. The van der Waals surface area contributed by atoms with Gasteiger partial charge in [-0.1, -0.05) is 0 Å². The number of hydrogen-bond donors (Lipinski definition) is 0. The second-order valence-electron chi connectivity index (χ2n) is 3.32. The summed E-state index contributed by atoms with van der Waals surface area (Å²) in [6, 6.07) is 1.92. The molecular formula is C11H14BrNO2. The first kappa shape index (κ1) is 12.3. The van der Waals surface area contributed by atoms with Crippen LogP contribution in [0, 0.1) is 0 Å². The smallest absolute Gasteiger partial charge is 0.137 e. The number of carbonyl (C=O) groups is 1. The highest BCUT2D eigenvalue weighted by Crippen LogP contribution is 2.11. The summed E-state index contributed by atoms with van der Waals surface area (Å²) in [4.78, 5) is 15.5. The number of rotatable bonds is 6. The molecule has 1 heterocycles. The molecule has 0 amide bonds. The topological polar surface area (TPSA) is 39.2 Å². The summed E-state index contributed by atoms with van der Waals surface area (Å²) >= 11 is 3.32. The van der Waals surface area contributed by atoms with E-state index in [-0.39, 0.29) is 5.78 Å². The van der Waals surface area contributed by atoms with Crippen LogP contribution in [-0.2, 0) is 16.0 Å². The summed E-state index contributed by atoms with van der Waals surface area (Å²) in [6.07, 6.45) is 5.24. The Balaban J connectivity index is 2.37. The lowest BCUT2D eigenvalue weighted by Crippen LogP contribution is -2.04. The second-order valence-corrected chi connectivity index (χ2v) is 4.24. The van der Waals surface area contributed by atoms with E-state index in [9.17, 15) is 4.79 Å². The van der Waals surface area contributed by atoms with Crippen molar-refractivity contribution in [2.75, 3.05) is 13.7 Å². The normalized spacial score (nSPS) is 10.3.